The molecule has 0 bridgehead atoms. The Morgan fingerprint density at radius 2 is 1.82 bits per heavy atom. The number of rotatable bonds is 2. The van der Waals surface area contributed by atoms with Gasteiger partial charge in [-0.05, 0) is 12.8 Å². The van der Waals surface area contributed by atoms with Crippen molar-refractivity contribution in [3.8, 4) is 11.8 Å². The van der Waals surface area contributed by atoms with Crippen molar-refractivity contribution in [2.45, 2.75) is 13.2 Å². The monoisotopic (exact) mass is 156 g/mol. The van der Waals surface area contributed by atoms with E-state index < -0.39 is 6.29 Å². The molecule has 0 amide bonds. The van der Waals surface area contributed by atoms with Gasteiger partial charge in [0.1, 0.15) is 0 Å². The highest BCUT2D eigenvalue weighted by Gasteiger charge is 1.79. The Bertz CT molecular complexity index is 144. The van der Waals surface area contributed by atoms with Gasteiger partial charge in [-0.1, -0.05) is 13.2 Å². The normalized spacial score (nSPS) is 6.55. The maximum Gasteiger partial charge on any atom is 0.217 e. The van der Waals surface area contributed by atoms with Gasteiger partial charge in [0.2, 0.25) is 6.29 Å². The molecule has 0 spiro atoms. The first kappa shape index (κ1) is 12.4. The van der Waals surface area contributed by atoms with Crippen LogP contribution in [0.4, 0.5) is 0 Å². The molecule has 0 saturated heterocycles. The summed E-state index contributed by atoms with van der Waals surface area (Å²) >= 11 is 0. The first-order valence-corrected chi connectivity index (χ1v) is 2.84. The van der Waals surface area contributed by atoms with Crippen LogP contribution in [0.2, 0.25) is 0 Å². The average Bonchev–Trinajstić information content (AvgIpc) is 1.90. The zero-order chi connectivity index (χ0) is 9.11. The van der Waals surface area contributed by atoms with Crippen LogP contribution in [0.25, 0.3) is 0 Å². The lowest BCUT2D eigenvalue weighted by atomic mass is 10.6. The predicted octanol–water partition coefficient (Wildman–Crippen LogP) is 0.610. The molecular weight excluding hydrogens is 144 g/mol. The fourth-order valence-corrected chi connectivity index (χ4v) is 0.197. The lowest BCUT2D eigenvalue weighted by molar-refractivity contribution is 0.0108. The van der Waals surface area contributed by atoms with Crippen LogP contribution in [0, 0.1) is 11.8 Å². The summed E-state index contributed by atoms with van der Waals surface area (Å²) in [5.74, 6) is 4.39. The minimum absolute atomic E-state index is 1.31. The fraction of sp³-hybridized carbons (Fsp3) is 0.250. The number of aliphatic hydroxyl groups is 2. The van der Waals surface area contributed by atoms with Crippen LogP contribution in [0.15, 0.2) is 25.7 Å². The fourth-order valence-electron chi connectivity index (χ4n) is 0.197. The number of ether oxygens (including phenoxy) is 1. The third kappa shape index (κ3) is 28.3. The Morgan fingerprint density at radius 1 is 1.36 bits per heavy atom. The Kier molecular flexibility index (Phi) is 13.1. The van der Waals surface area contributed by atoms with Gasteiger partial charge in [0.15, 0.2) is 0 Å². The molecule has 0 saturated carbocycles. The van der Waals surface area contributed by atoms with Crippen molar-refractivity contribution in [1.29, 1.82) is 0 Å². The van der Waals surface area contributed by atoms with Crippen molar-refractivity contribution < 1.29 is 14.9 Å². The van der Waals surface area contributed by atoms with Gasteiger partial charge in [0.05, 0.1) is 12.5 Å². The molecule has 11 heavy (non-hydrogen) atoms. The summed E-state index contributed by atoms with van der Waals surface area (Å²) in [6.07, 6.45) is 1.16. The minimum atomic E-state index is -1.46. The van der Waals surface area contributed by atoms with Crippen LogP contribution < -0.4 is 0 Å². The van der Waals surface area contributed by atoms with E-state index in [0.717, 1.165) is 0 Å². The average molecular weight is 156 g/mol. The molecule has 0 aromatic rings. The predicted molar refractivity (Wildman–Crippen MR) is 43.2 cm³/mol. The molecule has 0 aromatic heterocycles. The van der Waals surface area contributed by atoms with Crippen LogP contribution in [0.3, 0.4) is 0 Å². The molecular formula is C8H12O3. The van der Waals surface area contributed by atoms with E-state index >= 15 is 0 Å². The Labute approximate surface area is 66.6 Å². The van der Waals surface area contributed by atoms with Gasteiger partial charge in [0, 0.05) is 0 Å². The van der Waals surface area contributed by atoms with Gasteiger partial charge in [-0.2, -0.15) is 0 Å². The quantitative estimate of drug-likeness (QED) is 0.350. The summed E-state index contributed by atoms with van der Waals surface area (Å²) < 4.78 is 4.36. The Balaban J connectivity index is 0. The highest BCUT2D eigenvalue weighted by molar-refractivity contribution is 4.96. The van der Waals surface area contributed by atoms with E-state index in [1.807, 2.05) is 0 Å². The van der Waals surface area contributed by atoms with Crippen molar-refractivity contribution >= 4 is 0 Å². The zero-order valence-corrected chi connectivity index (χ0v) is 6.45. The van der Waals surface area contributed by atoms with E-state index in [9.17, 15) is 0 Å². The lowest BCUT2D eigenvalue weighted by Gasteiger charge is -1.82. The summed E-state index contributed by atoms with van der Waals surface area (Å²) in [5, 5.41) is 15.9. The SMILES string of the molecule is C=COC=C.CC#CC(O)O. The number of hydrogen-bond donors (Lipinski definition) is 2. The van der Waals surface area contributed by atoms with Crippen molar-refractivity contribution in [3.05, 3.63) is 25.7 Å². The molecule has 0 fully saturated rings. The summed E-state index contributed by atoms with van der Waals surface area (Å²) in [7, 11) is 0. The van der Waals surface area contributed by atoms with Crippen LogP contribution >= 0.6 is 0 Å². The molecule has 0 rings (SSSR count). The number of aliphatic hydroxyl groups excluding tert-OH is 1. The molecule has 2 N–H and O–H groups in total. The summed E-state index contributed by atoms with van der Waals surface area (Å²) in [4.78, 5) is 0. The van der Waals surface area contributed by atoms with Crippen molar-refractivity contribution in [1.82, 2.24) is 0 Å². The van der Waals surface area contributed by atoms with Crippen LogP contribution in [-0.2, 0) is 4.74 Å². The van der Waals surface area contributed by atoms with Crippen LogP contribution in [0.1, 0.15) is 6.92 Å². The van der Waals surface area contributed by atoms with Gasteiger partial charge < -0.3 is 14.9 Å². The first-order valence-electron chi connectivity index (χ1n) is 2.84. The maximum absolute atomic E-state index is 7.93. The maximum atomic E-state index is 7.93. The van der Waals surface area contributed by atoms with E-state index in [0.29, 0.717) is 0 Å². The molecule has 0 aliphatic carbocycles. The first-order chi connectivity index (χ1) is 5.18. The summed E-state index contributed by atoms with van der Waals surface area (Å²) in [6, 6.07) is 0. The van der Waals surface area contributed by atoms with Gasteiger partial charge >= 0.3 is 0 Å². The largest absolute Gasteiger partial charge is 0.474 e. The zero-order valence-electron chi connectivity index (χ0n) is 6.45. The van der Waals surface area contributed by atoms with Gasteiger partial charge in [0.25, 0.3) is 0 Å². The van der Waals surface area contributed by atoms with Gasteiger partial charge in [-0.25, -0.2) is 0 Å². The molecule has 0 unspecified atom stereocenters. The second kappa shape index (κ2) is 11.5. The van der Waals surface area contributed by atoms with E-state index in [-0.39, 0.29) is 0 Å². The van der Waals surface area contributed by atoms with Crippen LogP contribution in [0.5, 0.6) is 0 Å². The van der Waals surface area contributed by atoms with Crippen molar-refractivity contribution in [3.63, 3.8) is 0 Å². The van der Waals surface area contributed by atoms with E-state index in [2.05, 4.69) is 29.7 Å². The number of hydrogen-bond acceptors (Lipinski definition) is 3. The lowest BCUT2D eigenvalue weighted by Crippen LogP contribution is -1.97. The minimum Gasteiger partial charge on any atom is -0.474 e. The smallest absolute Gasteiger partial charge is 0.217 e. The highest BCUT2D eigenvalue weighted by Crippen LogP contribution is 1.65. The van der Waals surface area contributed by atoms with Crippen molar-refractivity contribution in [2.24, 2.45) is 0 Å². The Hall–Kier alpha value is -1.24. The van der Waals surface area contributed by atoms with Gasteiger partial charge in [-0.15, -0.1) is 5.92 Å². The molecule has 0 heterocycles. The molecule has 0 atom stereocenters. The van der Waals surface area contributed by atoms with E-state index in [1.54, 1.807) is 6.92 Å². The standard InChI is InChI=1S/C4H6O2.C4H6O/c1-2-3-4(5)6;1-3-5-4-2/h4-6H,1H3;3-4H,1-2H2. The van der Waals surface area contributed by atoms with Crippen LogP contribution in [-0.4, -0.2) is 16.5 Å². The highest BCUT2D eigenvalue weighted by atomic mass is 16.5. The molecule has 0 aliphatic rings. The second-order valence-electron chi connectivity index (χ2n) is 1.24. The third-order valence-corrected chi connectivity index (χ3v) is 0.466. The summed E-state index contributed by atoms with van der Waals surface area (Å²) in [5.41, 5.74) is 0. The van der Waals surface area contributed by atoms with E-state index in [1.165, 1.54) is 12.5 Å². The second-order valence-corrected chi connectivity index (χ2v) is 1.24. The van der Waals surface area contributed by atoms with Gasteiger partial charge in [-0.3, -0.25) is 0 Å². The Morgan fingerprint density at radius 3 is 1.82 bits per heavy atom. The molecule has 0 radical (unpaired) electrons. The third-order valence-electron chi connectivity index (χ3n) is 0.466. The molecule has 3 nitrogen and oxygen atoms in total. The molecule has 62 valence electrons. The summed E-state index contributed by atoms with van der Waals surface area (Å²) in [6.45, 7) is 8.06. The topological polar surface area (TPSA) is 49.7 Å². The van der Waals surface area contributed by atoms with E-state index in [4.69, 9.17) is 10.2 Å². The van der Waals surface area contributed by atoms with Crippen molar-refractivity contribution in [2.75, 3.05) is 0 Å². The molecule has 0 aliphatic heterocycles. The molecule has 0 aromatic carbocycles. The molecule has 3 heteroatoms.